The van der Waals surface area contributed by atoms with Crippen LogP contribution in [0.5, 0.6) is 0 Å². The topological polar surface area (TPSA) is 60.6 Å². The molecule has 0 saturated carbocycles. The lowest BCUT2D eigenvalue weighted by Gasteiger charge is -2.21. The first-order valence-corrected chi connectivity index (χ1v) is 6.18. The standard InChI is InChI=1S/C13H21N3O2/c1-9(14)10-5-4-6-15-13(10)16-7-11(17-2)12(8-16)18-3/h4-6,9,11-12H,7-8,14H2,1-3H3. The third-order valence-corrected chi connectivity index (χ3v) is 3.43. The summed E-state index contributed by atoms with van der Waals surface area (Å²) in [6.07, 6.45) is 1.96. The first kappa shape index (κ1) is 13.3. The van der Waals surface area contributed by atoms with Gasteiger partial charge in [-0.1, -0.05) is 6.07 Å². The van der Waals surface area contributed by atoms with Crippen LogP contribution >= 0.6 is 0 Å². The highest BCUT2D eigenvalue weighted by Crippen LogP contribution is 2.27. The van der Waals surface area contributed by atoms with E-state index in [0.29, 0.717) is 0 Å². The number of hydrogen-bond acceptors (Lipinski definition) is 5. The van der Waals surface area contributed by atoms with Crippen LogP contribution in [0.25, 0.3) is 0 Å². The van der Waals surface area contributed by atoms with Gasteiger partial charge in [0.25, 0.3) is 0 Å². The van der Waals surface area contributed by atoms with E-state index in [2.05, 4.69) is 9.88 Å². The highest BCUT2D eigenvalue weighted by Gasteiger charge is 2.34. The number of methoxy groups -OCH3 is 2. The van der Waals surface area contributed by atoms with Crippen molar-refractivity contribution in [2.24, 2.45) is 5.73 Å². The third-order valence-electron chi connectivity index (χ3n) is 3.43. The maximum atomic E-state index is 5.99. The Labute approximate surface area is 108 Å². The van der Waals surface area contributed by atoms with E-state index < -0.39 is 0 Å². The van der Waals surface area contributed by atoms with Crippen LogP contribution in [0, 0.1) is 0 Å². The van der Waals surface area contributed by atoms with Crippen LogP contribution in [0.2, 0.25) is 0 Å². The van der Waals surface area contributed by atoms with Crippen LogP contribution in [0.15, 0.2) is 18.3 Å². The van der Waals surface area contributed by atoms with Crippen LogP contribution in [0.1, 0.15) is 18.5 Å². The predicted molar refractivity (Wildman–Crippen MR) is 70.6 cm³/mol. The van der Waals surface area contributed by atoms with Crippen molar-refractivity contribution in [1.82, 2.24) is 4.98 Å². The predicted octanol–water partition coefficient (Wildman–Crippen LogP) is 0.951. The Balaban J connectivity index is 2.23. The molecule has 2 rings (SSSR count). The number of pyridine rings is 1. The molecule has 18 heavy (non-hydrogen) atoms. The first-order chi connectivity index (χ1) is 8.67. The minimum atomic E-state index is -0.0312. The van der Waals surface area contributed by atoms with Gasteiger partial charge in [-0.05, 0) is 13.0 Å². The average Bonchev–Trinajstić information content (AvgIpc) is 2.81. The molecule has 1 aliphatic heterocycles. The van der Waals surface area contributed by atoms with Crippen molar-refractivity contribution in [1.29, 1.82) is 0 Å². The summed E-state index contributed by atoms with van der Waals surface area (Å²) >= 11 is 0. The molecule has 1 aromatic rings. The molecule has 0 amide bonds. The van der Waals surface area contributed by atoms with Gasteiger partial charge in [-0.2, -0.15) is 0 Å². The van der Waals surface area contributed by atoms with Gasteiger partial charge in [0.15, 0.2) is 0 Å². The summed E-state index contributed by atoms with van der Waals surface area (Å²) in [4.78, 5) is 6.64. The zero-order valence-corrected chi connectivity index (χ0v) is 11.2. The van der Waals surface area contributed by atoms with Crippen LogP contribution in [0.3, 0.4) is 0 Å². The van der Waals surface area contributed by atoms with Crippen molar-refractivity contribution >= 4 is 5.82 Å². The molecule has 0 bridgehead atoms. The summed E-state index contributed by atoms with van der Waals surface area (Å²) in [7, 11) is 3.43. The number of aromatic nitrogens is 1. The number of anilines is 1. The quantitative estimate of drug-likeness (QED) is 0.863. The second kappa shape index (κ2) is 5.65. The van der Waals surface area contributed by atoms with Crippen LogP contribution in [0.4, 0.5) is 5.82 Å². The second-order valence-corrected chi connectivity index (χ2v) is 4.66. The van der Waals surface area contributed by atoms with Gasteiger partial charge in [0.05, 0.1) is 0 Å². The highest BCUT2D eigenvalue weighted by atomic mass is 16.5. The summed E-state index contributed by atoms with van der Waals surface area (Å²) in [6.45, 7) is 3.54. The Hall–Kier alpha value is -1.17. The van der Waals surface area contributed by atoms with E-state index >= 15 is 0 Å². The van der Waals surface area contributed by atoms with Gasteiger partial charge in [0, 0.05) is 45.1 Å². The van der Waals surface area contributed by atoms with Crippen molar-refractivity contribution < 1.29 is 9.47 Å². The van der Waals surface area contributed by atoms with Gasteiger partial charge in [-0.25, -0.2) is 4.98 Å². The van der Waals surface area contributed by atoms with Gasteiger partial charge >= 0.3 is 0 Å². The monoisotopic (exact) mass is 251 g/mol. The molecule has 1 aliphatic rings. The summed E-state index contributed by atoms with van der Waals surface area (Å²) in [5, 5.41) is 0. The van der Waals surface area contributed by atoms with E-state index in [1.54, 1.807) is 20.4 Å². The SMILES string of the molecule is COC1CN(c2ncccc2C(C)N)CC1OC. The minimum Gasteiger partial charge on any atom is -0.377 e. The Morgan fingerprint density at radius 2 is 1.94 bits per heavy atom. The van der Waals surface area contributed by atoms with E-state index in [4.69, 9.17) is 15.2 Å². The minimum absolute atomic E-state index is 0.0312. The highest BCUT2D eigenvalue weighted by molar-refractivity contribution is 5.49. The summed E-state index contributed by atoms with van der Waals surface area (Å²) in [5.74, 6) is 0.939. The molecule has 3 unspecified atom stereocenters. The zero-order valence-electron chi connectivity index (χ0n) is 11.2. The summed E-state index contributed by atoms with van der Waals surface area (Å²) < 4.78 is 10.9. The van der Waals surface area contributed by atoms with Crippen LogP contribution in [-0.2, 0) is 9.47 Å². The number of rotatable bonds is 4. The molecule has 1 aromatic heterocycles. The number of nitrogens with zero attached hydrogens (tertiary/aromatic N) is 2. The molecule has 3 atom stereocenters. The zero-order chi connectivity index (χ0) is 13.1. The molecule has 0 aliphatic carbocycles. The van der Waals surface area contributed by atoms with Crippen molar-refractivity contribution in [3.8, 4) is 0 Å². The Morgan fingerprint density at radius 1 is 1.33 bits per heavy atom. The Morgan fingerprint density at radius 3 is 2.44 bits per heavy atom. The van der Waals surface area contributed by atoms with Crippen molar-refractivity contribution in [2.45, 2.75) is 25.2 Å². The van der Waals surface area contributed by atoms with Crippen molar-refractivity contribution in [3.05, 3.63) is 23.9 Å². The molecule has 5 heteroatoms. The Kier molecular flexibility index (Phi) is 4.16. The van der Waals surface area contributed by atoms with Crippen LogP contribution < -0.4 is 10.6 Å². The van der Waals surface area contributed by atoms with Gasteiger partial charge in [0.1, 0.15) is 18.0 Å². The molecule has 1 saturated heterocycles. The molecule has 1 fully saturated rings. The number of nitrogens with two attached hydrogens (primary N) is 1. The van der Waals surface area contributed by atoms with Crippen molar-refractivity contribution in [2.75, 3.05) is 32.2 Å². The lowest BCUT2D eigenvalue weighted by molar-refractivity contribution is -0.00461. The number of ether oxygens (including phenoxy) is 2. The number of hydrogen-bond donors (Lipinski definition) is 1. The molecular weight excluding hydrogens is 230 g/mol. The molecule has 2 heterocycles. The largest absolute Gasteiger partial charge is 0.377 e. The average molecular weight is 251 g/mol. The normalized spacial score (nSPS) is 25.4. The molecule has 5 nitrogen and oxygen atoms in total. The van der Waals surface area contributed by atoms with E-state index in [9.17, 15) is 0 Å². The second-order valence-electron chi connectivity index (χ2n) is 4.66. The van der Waals surface area contributed by atoms with E-state index in [1.807, 2.05) is 19.1 Å². The van der Waals surface area contributed by atoms with E-state index in [0.717, 1.165) is 24.5 Å². The molecule has 0 aromatic carbocycles. The maximum absolute atomic E-state index is 5.99. The fourth-order valence-electron chi connectivity index (χ4n) is 2.40. The van der Waals surface area contributed by atoms with Crippen molar-refractivity contribution in [3.63, 3.8) is 0 Å². The maximum Gasteiger partial charge on any atom is 0.133 e. The van der Waals surface area contributed by atoms with E-state index in [1.165, 1.54) is 0 Å². The first-order valence-electron chi connectivity index (χ1n) is 6.18. The molecule has 2 N–H and O–H groups in total. The van der Waals surface area contributed by atoms with Gasteiger partial charge in [0.2, 0.25) is 0 Å². The molecule has 0 spiro atoms. The van der Waals surface area contributed by atoms with Crippen LogP contribution in [-0.4, -0.2) is 44.5 Å². The van der Waals surface area contributed by atoms with Gasteiger partial charge in [-0.15, -0.1) is 0 Å². The summed E-state index contributed by atoms with van der Waals surface area (Å²) in [5.41, 5.74) is 7.05. The lowest BCUT2D eigenvalue weighted by atomic mass is 10.1. The third kappa shape index (κ3) is 2.48. The van der Waals surface area contributed by atoms with Gasteiger partial charge < -0.3 is 20.1 Å². The summed E-state index contributed by atoms with van der Waals surface area (Å²) in [6, 6.07) is 3.91. The van der Waals surface area contributed by atoms with E-state index in [-0.39, 0.29) is 18.2 Å². The lowest BCUT2D eigenvalue weighted by Crippen LogP contribution is -2.27. The smallest absolute Gasteiger partial charge is 0.133 e. The Bertz CT molecular complexity index is 386. The molecule has 0 radical (unpaired) electrons. The molecule has 100 valence electrons. The van der Waals surface area contributed by atoms with Gasteiger partial charge in [-0.3, -0.25) is 0 Å². The fourth-order valence-corrected chi connectivity index (χ4v) is 2.40. The molecular formula is C13H21N3O2. The fraction of sp³-hybridized carbons (Fsp3) is 0.615.